The second-order valence-corrected chi connectivity index (χ2v) is 10.4. The van der Waals surface area contributed by atoms with Crippen LogP contribution in [0.1, 0.15) is 25.6 Å². The molecule has 5 atom stereocenters. The van der Waals surface area contributed by atoms with Crippen LogP contribution in [0, 0.1) is 6.92 Å². The Labute approximate surface area is 197 Å². The first-order valence-corrected chi connectivity index (χ1v) is 11.8. The number of aliphatic hydroxyl groups is 3. The maximum absolute atomic E-state index is 13.2. The van der Waals surface area contributed by atoms with Crippen molar-refractivity contribution in [1.82, 2.24) is 19.5 Å². The van der Waals surface area contributed by atoms with Crippen LogP contribution in [0.15, 0.2) is 46.6 Å². The Hall–Kier alpha value is -3.30. The number of nitrogens with zero attached hydrogens (tertiary/aromatic N) is 3. The number of H-pyrrole nitrogens is 1. The average Bonchev–Trinajstić information content (AvgIpc) is 3.33. The molecule has 0 spiro atoms. The van der Waals surface area contributed by atoms with Crippen molar-refractivity contribution >= 4 is 32.6 Å². The monoisotopic (exact) mass is 506 g/mol. The summed E-state index contributed by atoms with van der Waals surface area (Å²) in [5.41, 5.74) is -9.23. The van der Waals surface area contributed by atoms with Gasteiger partial charge in [0.25, 0.3) is 5.56 Å². The molecule has 14 heteroatoms. The number of carbonyl (C=O) groups is 2. The van der Waals surface area contributed by atoms with Crippen molar-refractivity contribution in [2.45, 2.75) is 54.6 Å². The molecule has 1 aromatic carbocycles. The minimum atomic E-state index is -4.66. The number of hydrogen-bond donors (Lipinski definition) is 4. The fourth-order valence-corrected chi connectivity index (χ4v) is 5.64. The van der Waals surface area contributed by atoms with Crippen LogP contribution in [0.2, 0.25) is 0 Å². The second kappa shape index (κ2) is 8.13. The molecule has 13 nitrogen and oxygen atoms in total. The first-order chi connectivity index (χ1) is 16.3. The first-order valence-electron chi connectivity index (χ1n) is 10.3. The van der Waals surface area contributed by atoms with Crippen LogP contribution in [-0.4, -0.2) is 77.6 Å². The Bertz CT molecular complexity index is 1500. The van der Waals surface area contributed by atoms with E-state index in [0.29, 0.717) is 0 Å². The molecule has 1 aliphatic rings. The molecule has 1 saturated heterocycles. The van der Waals surface area contributed by atoms with Gasteiger partial charge in [0.15, 0.2) is 40.0 Å². The number of sulfone groups is 1. The zero-order chi connectivity index (χ0) is 25.9. The lowest BCUT2D eigenvalue weighted by Crippen LogP contribution is -2.67. The smallest absolute Gasteiger partial charge is 0.278 e. The standard InChI is InChI=1S/C21H22N4O9S/c1-10-4-6-13(7-5-10)35(32,33)18(29)15-20(30,11(2)26)21(31,12(3)27)19(34-15)25-9-24-14-16(25)22-8-23-17(14)28/h4-9,15,18-19,29-31H,1-3H3,(H,22,23,28)/t15-,18?,19-,20-,21+/m1/s1. The highest BCUT2D eigenvalue weighted by Crippen LogP contribution is 2.49. The number of rotatable bonds is 6. The number of aromatic nitrogens is 4. The predicted molar refractivity (Wildman–Crippen MR) is 118 cm³/mol. The van der Waals surface area contributed by atoms with Crippen molar-refractivity contribution in [1.29, 1.82) is 0 Å². The zero-order valence-electron chi connectivity index (χ0n) is 18.7. The normalized spacial score (nSPS) is 27.7. The molecule has 4 rings (SSSR count). The van der Waals surface area contributed by atoms with E-state index in [-0.39, 0.29) is 16.1 Å². The van der Waals surface area contributed by atoms with Crippen LogP contribution < -0.4 is 5.56 Å². The third-order valence-corrected chi connectivity index (χ3v) is 8.06. The van der Waals surface area contributed by atoms with Crippen molar-refractivity contribution in [3.05, 3.63) is 52.8 Å². The molecular weight excluding hydrogens is 484 g/mol. The minimum absolute atomic E-state index is 0.194. The fourth-order valence-electron chi connectivity index (χ4n) is 4.26. The molecule has 1 fully saturated rings. The Morgan fingerprint density at radius 2 is 1.71 bits per heavy atom. The van der Waals surface area contributed by atoms with Gasteiger partial charge < -0.3 is 25.0 Å². The number of ketones is 2. The summed E-state index contributed by atoms with van der Waals surface area (Å²) in [5, 5.41) is 33.9. The number of imidazole rings is 1. The van der Waals surface area contributed by atoms with Crippen LogP contribution >= 0.6 is 0 Å². The van der Waals surface area contributed by atoms with Crippen molar-refractivity contribution in [3.63, 3.8) is 0 Å². The number of hydrogen-bond acceptors (Lipinski definition) is 11. The lowest BCUT2D eigenvalue weighted by Gasteiger charge is -2.37. The zero-order valence-corrected chi connectivity index (χ0v) is 19.6. The van der Waals surface area contributed by atoms with E-state index in [0.717, 1.165) is 36.6 Å². The van der Waals surface area contributed by atoms with E-state index < -0.39 is 55.9 Å². The number of ether oxygens (including phenoxy) is 1. The molecule has 3 heterocycles. The summed E-state index contributed by atoms with van der Waals surface area (Å²) in [4.78, 5) is 47.2. The van der Waals surface area contributed by atoms with Gasteiger partial charge in [-0.1, -0.05) is 17.7 Å². The van der Waals surface area contributed by atoms with Gasteiger partial charge in [-0.3, -0.25) is 19.0 Å². The number of nitrogens with one attached hydrogen (secondary N) is 1. The molecule has 0 aliphatic carbocycles. The molecule has 4 N–H and O–H groups in total. The van der Waals surface area contributed by atoms with Crippen LogP contribution in [0.3, 0.4) is 0 Å². The first kappa shape index (κ1) is 24.8. The Morgan fingerprint density at radius 3 is 2.29 bits per heavy atom. The molecule has 0 saturated carbocycles. The number of fused-ring (bicyclic) bond motifs is 1. The SMILES string of the molecule is CC(=O)[C@@]1(O)[C@@H](C(O)S(=O)(=O)c2ccc(C)cc2)O[C@@H](n2cnc3c(=O)[nH]cnc32)[C@@]1(O)C(C)=O. The molecular formula is C21H22N4O9S. The van der Waals surface area contributed by atoms with Crippen LogP contribution in [0.5, 0.6) is 0 Å². The summed E-state index contributed by atoms with van der Waals surface area (Å²) in [6.07, 6.45) is -2.32. The van der Waals surface area contributed by atoms with Crippen molar-refractivity contribution in [3.8, 4) is 0 Å². The molecule has 35 heavy (non-hydrogen) atoms. The van der Waals surface area contributed by atoms with E-state index in [1.165, 1.54) is 24.3 Å². The van der Waals surface area contributed by atoms with Gasteiger partial charge in [0.05, 0.1) is 17.6 Å². The Balaban J connectivity index is 1.92. The van der Waals surface area contributed by atoms with Crippen molar-refractivity contribution < 1.29 is 38.1 Å². The van der Waals surface area contributed by atoms with Crippen LogP contribution in [-0.2, 0) is 24.2 Å². The van der Waals surface area contributed by atoms with E-state index in [2.05, 4.69) is 15.0 Å². The summed E-state index contributed by atoms with van der Waals surface area (Å²) in [6, 6.07) is 5.37. The Kier molecular flexibility index (Phi) is 5.77. The lowest BCUT2D eigenvalue weighted by molar-refractivity contribution is -0.182. The van der Waals surface area contributed by atoms with Gasteiger partial charge in [-0.25, -0.2) is 18.4 Å². The second-order valence-electron chi connectivity index (χ2n) is 8.36. The highest BCUT2D eigenvalue weighted by atomic mass is 32.2. The molecule has 3 aromatic rings. The Morgan fingerprint density at radius 1 is 1.11 bits per heavy atom. The van der Waals surface area contributed by atoms with E-state index in [1.54, 1.807) is 6.92 Å². The third-order valence-electron chi connectivity index (χ3n) is 6.24. The average molecular weight is 506 g/mol. The van der Waals surface area contributed by atoms with Crippen molar-refractivity contribution in [2.75, 3.05) is 0 Å². The summed E-state index contributed by atoms with van der Waals surface area (Å²) >= 11 is 0. The topological polar surface area (TPSA) is 202 Å². The number of carbonyl (C=O) groups excluding carboxylic acids is 2. The summed E-state index contributed by atoms with van der Waals surface area (Å²) in [5.74, 6) is -2.41. The van der Waals surface area contributed by atoms with Gasteiger partial charge in [0.2, 0.25) is 15.4 Å². The van der Waals surface area contributed by atoms with Crippen LogP contribution in [0.25, 0.3) is 11.2 Å². The number of aliphatic hydroxyl groups excluding tert-OH is 1. The summed E-state index contributed by atoms with van der Waals surface area (Å²) in [6.45, 7) is 3.38. The van der Waals surface area contributed by atoms with Gasteiger partial charge in [-0.05, 0) is 32.9 Å². The number of benzene rings is 1. The molecule has 1 unspecified atom stereocenters. The third kappa shape index (κ3) is 3.36. The molecule has 0 radical (unpaired) electrons. The fraction of sp³-hybridized carbons (Fsp3) is 0.381. The maximum atomic E-state index is 13.2. The predicted octanol–water partition coefficient (Wildman–Crippen LogP) is -1.24. The van der Waals surface area contributed by atoms with Crippen molar-refractivity contribution in [2.24, 2.45) is 0 Å². The van der Waals surface area contributed by atoms with Gasteiger partial charge >= 0.3 is 0 Å². The largest absolute Gasteiger partial charge is 0.376 e. The van der Waals surface area contributed by atoms with Gasteiger partial charge in [-0.15, -0.1) is 0 Å². The van der Waals surface area contributed by atoms with Crippen LogP contribution in [0.4, 0.5) is 0 Å². The maximum Gasteiger partial charge on any atom is 0.278 e. The highest BCUT2D eigenvalue weighted by molar-refractivity contribution is 7.92. The number of Topliss-reactive ketones (excluding diaryl/α,β-unsaturated/α-hetero) is 2. The van der Waals surface area contributed by atoms with E-state index in [9.17, 15) is 38.1 Å². The molecule has 0 amide bonds. The summed E-state index contributed by atoms with van der Waals surface area (Å²) < 4.78 is 32.9. The van der Waals surface area contributed by atoms with Gasteiger partial charge in [-0.2, -0.15) is 0 Å². The van der Waals surface area contributed by atoms with E-state index >= 15 is 0 Å². The molecule has 2 aromatic heterocycles. The lowest BCUT2D eigenvalue weighted by atomic mass is 9.75. The minimum Gasteiger partial charge on any atom is -0.376 e. The highest BCUT2D eigenvalue weighted by Gasteiger charge is 2.74. The molecule has 0 bridgehead atoms. The molecule has 1 aliphatic heterocycles. The molecule has 186 valence electrons. The van der Waals surface area contributed by atoms with Gasteiger partial charge in [0, 0.05) is 0 Å². The van der Waals surface area contributed by atoms with Gasteiger partial charge in [0.1, 0.15) is 6.10 Å². The quantitative estimate of drug-likeness (QED) is 0.311. The van der Waals surface area contributed by atoms with E-state index in [4.69, 9.17) is 4.74 Å². The number of aryl methyl sites for hydroxylation is 1. The summed E-state index contributed by atoms with van der Waals surface area (Å²) in [7, 11) is -4.66. The number of aromatic amines is 1. The van der Waals surface area contributed by atoms with E-state index in [1.807, 2.05) is 0 Å².